The molecule has 1 unspecified atom stereocenters. The molecule has 43 heavy (non-hydrogen) atoms. The van der Waals surface area contributed by atoms with Gasteiger partial charge in [0.15, 0.2) is 0 Å². The number of benzene rings is 2. The molecule has 1 spiro atoms. The van der Waals surface area contributed by atoms with Gasteiger partial charge in [-0.15, -0.1) is 0 Å². The Hall–Kier alpha value is -4.43. The molecule has 4 N–H and O–H groups in total. The third-order valence-corrected chi connectivity index (χ3v) is 7.93. The molecule has 0 bridgehead atoms. The average Bonchev–Trinajstić information content (AvgIpc) is 3.20. The first kappa shape index (κ1) is 31.5. The number of nitrogens with zero attached hydrogens (tertiary/aromatic N) is 5. The summed E-state index contributed by atoms with van der Waals surface area (Å²) in [5, 5.41) is 9.11. The molecule has 2 heterocycles. The number of hydrogen-bond acceptors (Lipinski definition) is 6. The highest BCUT2D eigenvalue weighted by Gasteiger charge is 2.53. The number of carbonyl (C=O) groups excluding carboxylic acids is 3. The van der Waals surface area contributed by atoms with E-state index in [-0.39, 0.29) is 19.0 Å². The van der Waals surface area contributed by atoms with E-state index in [4.69, 9.17) is 5.84 Å². The smallest absolute Gasteiger partial charge is 0.341 e. The highest BCUT2D eigenvalue weighted by molar-refractivity contribution is 5.98. The normalized spacial score (nSPS) is 17.7. The van der Waals surface area contributed by atoms with E-state index < -0.39 is 52.4 Å². The number of anilines is 1. The minimum atomic E-state index is -4.77. The Balaban J connectivity index is 1.48. The number of rotatable bonds is 8. The number of amides is 3. The molecule has 0 radical (unpaired) electrons. The SMILES string of the molecule is CC(C)C(NC(=O)c1cc(C(F)(F)F)ccc1F)C(=O)N1CCC2(CC1)C(=O)N(C)CN2c1ccc(CNN=NN)cc1. The molecule has 2 aliphatic rings. The fraction of sp³-hybridized carbons (Fsp3) is 0.464. The van der Waals surface area contributed by atoms with E-state index in [1.165, 1.54) is 4.90 Å². The number of likely N-dealkylation sites (N-methyl/N-ethyl adjacent to an activating group) is 1. The third kappa shape index (κ3) is 6.49. The van der Waals surface area contributed by atoms with Crippen molar-refractivity contribution in [2.75, 3.05) is 31.7 Å². The fourth-order valence-electron chi connectivity index (χ4n) is 5.56. The molecule has 15 heteroatoms. The van der Waals surface area contributed by atoms with Gasteiger partial charge in [0.1, 0.15) is 17.4 Å². The summed E-state index contributed by atoms with van der Waals surface area (Å²) in [5.41, 5.74) is 1.61. The molecule has 0 saturated carbocycles. The van der Waals surface area contributed by atoms with Crippen LogP contribution in [0.5, 0.6) is 0 Å². The van der Waals surface area contributed by atoms with Gasteiger partial charge >= 0.3 is 6.18 Å². The lowest BCUT2D eigenvalue weighted by molar-refractivity contribution is -0.139. The number of piperidine rings is 1. The Labute approximate surface area is 246 Å². The lowest BCUT2D eigenvalue weighted by atomic mass is 9.85. The minimum Gasteiger partial charge on any atom is -0.341 e. The van der Waals surface area contributed by atoms with Crippen LogP contribution in [0.4, 0.5) is 23.2 Å². The summed E-state index contributed by atoms with van der Waals surface area (Å²) in [7, 11) is 1.72. The number of likely N-dealkylation sites (tertiary alicyclic amines) is 1. The van der Waals surface area contributed by atoms with Crippen molar-refractivity contribution in [1.82, 2.24) is 20.5 Å². The third-order valence-electron chi connectivity index (χ3n) is 7.93. The highest BCUT2D eigenvalue weighted by Crippen LogP contribution is 2.39. The average molecular weight is 607 g/mol. The molecule has 4 rings (SSSR count). The van der Waals surface area contributed by atoms with Crippen LogP contribution in [0.2, 0.25) is 0 Å². The largest absolute Gasteiger partial charge is 0.416 e. The number of alkyl halides is 3. The monoisotopic (exact) mass is 606 g/mol. The Morgan fingerprint density at radius 3 is 2.33 bits per heavy atom. The van der Waals surface area contributed by atoms with Crippen molar-refractivity contribution in [3.63, 3.8) is 0 Å². The van der Waals surface area contributed by atoms with Gasteiger partial charge < -0.3 is 25.9 Å². The molecule has 2 aromatic rings. The van der Waals surface area contributed by atoms with Crippen LogP contribution in [0.3, 0.4) is 0 Å². The molecular weight excluding hydrogens is 572 g/mol. The standard InChI is InChI=1S/C28H34F4N8O3/c1-17(2)23(35-24(41)21-14-19(28(30,31)32)6-9-22(21)29)25(42)39-12-10-27(11-13-39)26(43)38(3)16-40(27)20-7-4-18(5-8-20)15-34-37-36-33/h4-9,14,17,23H,10-13,15-16H2,1-3H3,(H2,33,37)(H,34,36)(H,35,41). The highest BCUT2D eigenvalue weighted by atomic mass is 19.4. The van der Waals surface area contributed by atoms with Gasteiger partial charge in [-0.25, -0.2) is 4.39 Å². The van der Waals surface area contributed by atoms with Crippen molar-refractivity contribution < 1.29 is 31.9 Å². The number of carbonyl (C=O) groups is 3. The maximum Gasteiger partial charge on any atom is 0.416 e. The van der Waals surface area contributed by atoms with Crippen molar-refractivity contribution in [3.8, 4) is 0 Å². The summed E-state index contributed by atoms with van der Waals surface area (Å²) < 4.78 is 53.8. The van der Waals surface area contributed by atoms with E-state index >= 15 is 0 Å². The summed E-state index contributed by atoms with van der Waals surface area (Å²) in [4.78, 5) is 45.0. The predicted molar refractivity (Wildman–Crippen MR) is 148 cm³/mol. The molecule has 2 fully saturated rings. The van der Waals surface area contributed by atoms with E-state index in [9.17, 15) is 31.9 Å². The van der Waals surface area contributed by atoms with Crippen molar-refractivity contribution in [1.29, 1.82) is 0 Å². The van der Waals surface area contributed by atoms with Crippen LogP contribution < -0.4 is 21.5 Å². The van der Waals surface area contributed by atoms with Gasteiger partial charge in [0.2, 0.25) is 11.8 Å². The van der Waals surface area contributed by atoms with Crippen LogP contribution in [0.25, 0.3) is 0 Å². The van der Waals surface area contributed by atoms with Crippen molar-refractivity contribution in [2.45, 2.75) is 51.0 Å². The van der Waals surface area contributed by atoms with Crippen LogP contribution in [0, 0.1) is 11.7 Å². The molecule has 0 aromatic heterocycles. The quantitative estimate of drug-likeness (QED) is 0.183. The zero-order chi connectivity index (χ0) is 31.5. The summed E-state index contributed by atoms with van der Waals surface area (Å²) in [6.45, 7) is 4.53. The van der Waals surface area contributed by atoms with Crippen LogP contribution in [-0.4, -0.2) is 65.9 Å². The zero-order valence-corrected chi connectivity index (χ0v) is 24.0. The molecule has 2 saturated heterocycles. The topological polar surface area (TPSA) is 136 Å². The van der Waals surface area contributed by atoms with Crippen molar-refractivity contribution in [2.24, 2.45) is 22.2 Å². The molecule has 232 valence electrons. The Kier molecular flexibility index (Phi) is 9.11. The van der Waals surface area contributed by atoms with E-state index in [1.54, 1.807) is 25.8 Å². The van der Waals surface area contributed by atoms with Gasteiger partial charge in [-0.2, -0.15) is 13.2 Å². The lowest BCUT2D eigenvalue weighted by Gasteiger charge is -2.44. The van der Waals surface area contributed by atoms with Crippen molar-refractivity contribution >= 4 is 23.4 Å². The number of halogens is 4. The first-order valence-corrected chi connectivity index (χ1v) is 13.7. The molecule has 0 aliphatic carbocycles. The van der Waals surface area contributed by atoms with Gasteiger partial charge in [-0.3, -0.25) is 19.8 Å². The van der Waals surface area contributed by atoms with Gasteiger partial charge in [0.05, 0.1) is 24.3 Å². The minimum absolute atomic E-state index is 0.0672. The molecule has 11 nitrogen and oxygen atoms in total. The van der Waals surface area contributed by atoms with Crippen molar-refractivity contribution in [3.05, 3.63) is 65.0 Å². The summed E-state index contributed by atoms with van der Waals surface area (Å²) in [5.74, 6) is 1.78. The summed E-state index contributed by atoms with van der Waals surface area (Å²) >= 11 is 0. The van der Waals surface area contributed by atoms with Crippen LogP contribution in [-0.2, 0) is 22.3 Å². The number of nitrogens with two attached hydrogens (primary N) is 1. The number of hydrogen-bond donors (Lipinski definition) is 3. The van der Waals surface area contributed by atoms with Crippen LogP contribution in [0.1, 0.15) is 48.2 Å². The fourth-order valence-corrected chi connectivity index (χ4v) is 5.56. The summed E-state index contributed by atoms with van der Waals surface area (Å²) in [6.07, 6.45) is -4.12. The molecule has 2 aliphatic heterocycles. The van der Waals surface area contributed by atoms with E-state index in [0.29, 0.717) is 44.3 Å². The first-order valence-electron chi connectivity index (χ1n) is 13.7. The molecule has 3 amide bonds. The Morgan fingerprint density at radius 2 is 1.74 bits per heavy atom. The Bertz CT molecular complexity index is 1380. The van der Waals surface area contributed by atoms with E-state index in [1.807, 2.05) is 29.2 Å². The van der Waals surface area contributed by atoms with Gasteiger partial charge in [0, 0.05) is 25.8 Å². The molecule has 1 atom stereocenters. The predicted octanol–water partition coefficient (Wildman–Crippen LogP) is 3.23. The first-order chi connectivity index (χ1) is 20.3. The second-order valence-corrected chi connectivity index (χ2v) is 11.0. The van der Waals surface area contributed by atoms with Gasteiger partial charge in [-0.05, 0) is 54.7 Å². The lowest BCUT2D eigenvalue weighted by Crippen LogP contribution is -2.60. The van der Waals surface area contributed by atoms with Gasteiger partial charge in [0.25, 0.3) is 5.91 Å². The second kappa shape index (κ2) is 12.4. The van der Waals surface area contributed by atoms with E-state index in [2.05, 4.69) is 21.2 Å². The van der Waals surface area contributed by atoms with E-state index in [0.717, 1.165) is 11.3 Å². The van der Waals surface area contributed by atoms with Gasteiger partial charge in [-0.1, -0.05) is 36.4 Å². The maximum atomic E-state index is 14.3. The Morgan fingerprint density at radius 1 is 1.09 bits per heavy atom. The second-order valence-electron chi connectivity index (χ2n) is 11.0. The molecular formula is C28H34F4N8O3. The molecule has 2 aromatic carbocycles. The summed E-state index contributed by atoms with van der Waals surface area (Å²) in [6, 6.07) is 8.04. The van der Waals surface area contributed by atoms with Crippen LogP contribution >= 0.6 is 0 Å². The maximum absolute atomic E-state index is 14.3. The zero-order valence-electron chi connectivity index (χ0n) is 24.0. The number of nitrogens with one attached hydrogen (secondary N) is 2. The van der Waals surface area contributed by atoms with Crippen LogP contribution in [0.15, 0.2) is 52.9 Å².